The van der Waals surface area contributed by atoms with Gasteiger partial charge in [0.2, 0.25) is 5.91 Å². The van der Waals surface area contributed by atoms with Gasteiger partial charge < -0.3 is 14.8 Å². The second-order valence-electron chi connectivity index (χ2n) is 8.27. The molecule has 23 heavy (non-hydrogen) atoms. The largest absolute Gasteiger partial charge is 0.413 e. The Morgan fingerprint density at radius 3 is 2.57 bits per heavy atom. The summed E-state index contributed by atoms with van der Waals surface area (Å²) in [6.45, 7) is 13.0. The van der Waals surface area contributed by atoms with Gasteiger partial charge in [0.25, 0.3) is 0 Å². The van der Waals surface area contributed by atoms with Crippen molar-refractivity contribution in [2.45, 2.75) is 81.1 Å². The van der Waals surface area contributed by atoms with Gasteiger partial charge in [-0.05, 0) is 37.2 Å². The third-order valence-electron chi connectivity index (χ3n) is 5.56. The first-order chi connectivity index (χ1) is 10.5. The Balaban J connectivity index is 2.07. The number of carbonyl (C=O) groups excluding carboxylic acids is 1. The van der Waals surface area contributed by atoms with Gasteiger partial charge >= 0.3 is 0 Å². The Kier molecular flexibility index (Phi) is 5.84. The number of nitrogens with one attached hydrogen (secondary N) is 1. The van der Waals surface area contributed by atoms with Crippen molar-refractivity contribution in [3.63, 3.8) is 0 Å². The van der Waals surface area contributed by atoms with E-state index in [4.69, 9.17) is 16.0 Å². The summed E-state index contributed by atoms with van der Waals surface area (Å²) in [5, 5.41) is 13.2. The minimum atomic E-state index is -1.93. The quantitative estimate of drug-likeness (QED) is 0.448. The summed E-state index contributed by atoms with van der Waals surface area (Å²) in [5.74, 6) is 0.760. The number of amides is 1. The zero-order valence-corrected chi connectivity index (χ0v) is 17.5. The summed E-state index contributed by atoms with van der Waals surface area (Å²) in [7, 11) is -1.93. The zero-order chi connectivity index (χ0) is 17.6. The van der Waals surface area contributed by atoms with Crippen LogP contribution in [0.1, 0.15) is 34.1 Å². The molecule has 0 unspecified atom stereocenters. The van der Waals surface area contributed by atoms with Crippen molar-refractivity contribution in [1.29, 1.82) is 0 Å². The maximum Gasteiger partial charge on any atom is 0.228 e. The monoisotopic (exact) mass is 379 g/mol. The molecule has 2 N–H and O–H groups in total. The third kappa shape index (κ3) is 3.92. The van der Waals surface area contributed by atoms with Gasteiger partial charge in [-0.1, -0.05) is 20.8 Å². The molecule has 7 heteroatoms. The van der Waals surface area contributed by atoms with Gasteiger partial charge in [0.05, 0.1) is 34.8 Å². The molecule has 1 amide bonds. The molecule has 0 saturated carbocycles. The number of β-lactam (4-membered cyclic amide) rings is 1. The SMILES string of the molecule is C[C@@H](O[Si](C)(C)C(C)(C)C)[C@H]1C(=O)N[C@@H]1[C@H]1SCC[C@H](Cl)[C@@H]1O. The van der Waals surface area contributed by atoms with E-state index in [1.165, 1.54) is 0 Å². The highest BCUT2D eigenvalue weighted by Gasteiger charge is 2.52. The molecule has 2 fully saturated rings. The maximum atomic E-state index is 12.1. The number of rotatable bonds is 4. The Morgan fingerprint density at radius 2 is 2.04 bits per heavy atom. The number of hydrogen-bond donors (Lipinski definition) is 2. The topological polar surface area (TPSA) is 58.6 Å². The normalized spacial score (nSPS) is 37.0. The number of aliphatic hydroxyl groups is 1. The fraction of sp³-hybridized carbons (Fsp3) is 0.938. The number of aliphatic hydroxyl groups excluding tert-OH is 1. The lowest BCUT2D eigenvalue weighted by atomic mass is 9.81. The fourth-order valence-electron chi connectivity index (χ4n) is 3.03. The molecule has 0 bridgehead atoms. The molecule has 2 rings (SSSR count). The highest BCUT2D eigenvalue weighted by atomic mass is 35.5. The Morgan fingerprint density at radius 1 is 1.43 bits per heavy atom. The average Bonchev–Trinajstić information content (AvgIpc) is 2.37. The van der Waals surface area contributed by atoms with Gasteiger partial charge in [0.15, 0.2) is 8.32 Å². The van der Waals surface area contributed by atoms with Crippen LogP contribution >= 0.6 is 23.4 Å². The molecule has 0 aromatic rings. The standard InChI is InChI=1S/C16H30ClNO3SSi/c1-9(21-23(5,6)16(2,3)4)11-12(18-15(11)20)14-13(19)10(17)7-8-22-14/h9-14,19H,7-8H2,1-6H3,(H,18,20)/t9-,10+,11-,12+,13+,14-/m1/s1. The van der Waals surface area contributed by atoms with Crippen LogP contribution in [0.25, 0.3) is 0 Å². The molecule has 2 aliphatic heterocycles. The van der Waals surface area contributed by atoms with E-state index in [1.807, 2.05) is 6.92 Å². The minimum absolute atomic E-state index is 0.0331. The predicted octanol–water partition coefficient (Wildman–Crippen LogP) is 2.99. The minimum Gasteiger partial charge on any atom is -0.413 e. The van der Waals surface area contributed by atoms with Crippen molar-refractivity contribution in [2.24, 2.45) is 5.92 Å². The molecule has 0 aromatic carbocycles. The number of thioether (sulfide) groups is 1. The van der Waals surface area contributed by atoms with Gasteiger partial charge in [-0.3, -0.25) is 4.79 Å². The second-order valence-corrected chi connectivity index (χ2v) is 14.9. The summed E-state index contributed by atoms with van der Waals surface area (Å²) in [5.41, 5.74) is 0. The van der Waals surface area contributed by atoms with E-state index in [-0.39, 0.29) is 39.6 Å². The zero-order valence-electron chi connectivity index (χ0n) is 14.9. The first-order valence-corrected chi connectivity index (χ1v) is 12.8. The van der Waals surface area contributed by atoms with E-state index in [1.54, 1.807) is 11.8 Å². The van der Waals surface area contributed by atoms with Crippen molar-refractivity contribution in [2.75, 3.05) is 5.75 Å². The van der Waals surface area contributed by atoms with E-state index in [9.17, 15) is 9.90 Å². The molecular formula is C16H30ClNO3SSi. The lowest BCUT2D eigenvalue weighted by Crippen LogP contribution is -2.69. The van der Waals surface area contributed by atoms with Crippen LogP contribution in [0.2, 0.25) is 18.1 Å². The van der Waals surface area contributed by atoms with Crippen LogP contribution in [0.4, 0.5) is 0 Å². The van der Waals surface area contributed by atoms with E-state index in [2.05, 4.69) is 39.2 Å². The van der Waals surface area contributed by atoms with Crippen LogP contribution in [0.3, 0.4) is 0 Å². The second kappa shape index (κ2) is 6.87. The molecule has 4 nitrogen and oxygen atoms in total. The summed E-state index contributed by atoms with van der Waals surface area (Å²) >= 11 is 7.93. The number of halogens is 1. The Hall–Kier alpha value is 0.247. The Labute approximate surface area is 150 Å². The fourth-order valence-corrected chi connectivity index (χ4v) is 6.44. The molecule has 2 heterocycles. The van der Waals surface area contributed by atoms with Crippen molar-refractivity contribution in [3.8, 4) is 0 Å². The number of hydrogen-bond acceptors (Lipinski definition) is 4. The predicted molar refractivity (Wildman–Crippen MR) is 99.7 cm³/mol. The molecule has 134 valence electrons. The van der Waals surface area contributed by atoms with Crippen LogP contribution in [0, 0.1) is 5.92 Å². The van der Waals surface area contributed by atoms with Crippen LogP contribution in [-0.2, 0) is 9.22 Å². The van der Waals surface area contributed by atoms with Crippen molar-refractivity contribution in [3.05, 3.63) is 0 Å². The molecule has 6 atom stereocenters. The molecule has 2 saturated heterocycles. The maximum absolute atomic E-state index is 12.1. The average molecular weight is 380 g/mol. The van der Waals surface area contributed by atoms with Crippen LogP contribution in [0.15, 0.2) is 0 Å². The highest BCUT2D eigenvalue weighted by molar-refractivity contribution is 8.00. The molecule has 0 aliphatic carbocycles. The molecular weight excluding hydrogens is 350 g/mol. The number of alkyl halides is 1. The van der Waals surface area contributed by atoms with E-state index in [0.29, 0.717) is 0 Å². The van der Waals surface area contributed by atoms with E-state index < -0.39 is 14.4 Å². The van der Waals surface area contributed by atoms with Crippen LogP contribution < -0.4 is 5.32 Å². The summed E-state index contributed by atoms with van der Waals surface area (Å²) < 4.78 is 6.41. The summed E-state index contributed by atoms with van der Waals surface area (Å²) in [6.07, 6.45) is 0.0901. The third-order valence-corrected chi connectivity index (χ3v) is 12.0. The Bertz CT molecular complexity index is 457. The van der Waals surface area contributed by atoms with Crippen molar-refractivity contribution in [1.82, 2.24) is 5.32 Å². The first-order valence-electron chi connectivity index (χ1n) is 8.37. The van der Waals surface area contributed by atoms with Crippen LogP contribution in [0.5, 0.6) is 0 Å². The van der Waals surface area contributed by atoms with Crippen molar-refractivity contribution < 1.29 is 14.3 Å². The molecule has 2 aliphatic rings. The smallest absolute Gasteiger partial charge is 0.228 e. The van der Waals surface area contributed by atoms with E-state index in [0.717, 1.165) is 12.2 Å². The van der Waals surface area contributed by atoms with Gasteiger partial charge in [-0.2, -0.15) is 11.8 Å². The number of carbonyl (C=O) groups is 1. The lowest BCUT2D eigenvalue weighted by Gasteiger charge is -2.49. The molecule has 0 radical (unpaired) electrons. The molecule has 0 aromatic heterocycles. The van der Waals surface area contributed by atoms with Gasteiger partial charge in [-0.15, -0.1) is 11.6 Å². The van der Waals surface area contributed by atoms with Crippen molar-refractivity contribution >= 4 is 37.6 Å². The van der Waals surface area contributed by atoms with Gasteiger partial charge in [0, 0.05) is 0 Å². The van der Waals surface area contributed by atoms with Gasteiger partial charge in [-0.25, -0.2) is 0 Å². The molecule has 0 spiro atoms. The first kappa shape index (κ1) is 19.6. The lowest BCUT2D eigenvalue weighted by molar-refractivity contribution is -0.140. The van der Waals surface area contributed by atoms with Crippen LogP contribution in [-0.4, -0.2) is 54.0 Å². The summed E-state index contributed by atoms with van der Waals surface area (Å²) in [6, 6.07) is -0.0520. The highest BCUT2D eigenvalue weighted by Crippen LogP contribution is 2.41. The van der Waals surface area contributed by atoms with E-state index >= 15 is 0 Å². The summed E-state index contributed by atoms with van der Waals surface area (Å²) in [4.78, 5) is 12.1. The van der Waals surface area contributed by atoms with Gasteiger partial charge in [0.1, 0.15) is 0 Å².